The second kappa shape index (κ2) is 7.15. The summed E-state index contributed by atoms with van der Waals surface area (Å²) in [5, 5.41) is 20.6. The molecule has 0 aliphatic carbocycles. The van der Waals surface area contributed by atoms with E-state index in [1.165, 1.54) is 13.8 Å². The Morgan fingerprint density at radius 2 is 1.48 bits per heavy atom. The summed E-state index contributed by atoms with van der Waals surface area (Å²) in [5.74, 6) is -0.974. The second-order valence-corrected chi connectivity index (χ2v) is 7.92. The maximum Gasteiger partial charge on any atom is 0.417 e. The van der Waals surface area contributed by atoms with Crippen LogP contribution in [0, 0.1) is 19.7 Å². The van der Waals surface area contributed by atoms with Gasteiger partial charge in [0.1, 0.15) is 11.6 Å². The molecule has 0 saturated carbocycles. The van der Waals surface area contributed by atoms with Gasteiger partial charge in [-0.15, -0.1) is 0 Å². The first-order valence-corrected chi connectivity index (χ1v) is 8.59. The molecule has 2 nitrogen and oxygen atoms in total. The van der Waals surface area contributed by atoms with Gasteiger partial charge in [-0.2, -0.15) is 13.2 Å². The molecule has 27 heavy (non-hydrogen) atoms. The average molecular weight is 384 g/mol. The second-order valence-electron chi connectivity index (χ2n) is 7.92. The van der Waals surface area contributed by atoms with Gasteiger partial charge in [-0.25, -0.2) is 4.39 Å². The molecule has 0 bridgehead atoms. The first-order valence-electron chi connectivity index (χ1n) is 8.59. The molecule has 0 radical (unpaired) electrons. The fourth-order valence-corrected chi connectivity index (χ4v) is 3.65. The zero-order valence-corrected chi connectivity index (χ0v) is 15.8. The normalized spacial score (nSPS) is 14.9. The predicted molar refractivity (Wildman–Crippen MR) is 96.3 cm³/mol. The lowest BCUT2D eigenvalue weighted by Gasteiger charge is -2.38. The number of halogens is 4. The number of hydrogen-bond acceptors (Lipinski definition) is 2. The van der Waals surface area contributed by atoms with Crippen LogP contribution in [0.5, 0.6) is 5.75 Å². The van der Waals surface area contributed by atoms with Crippen LogP contribution >= 0.6 is 0 Å². The van der Waals surface area contributed by atoms with Gasteiger partial charge in [-0.1, -0.05) is 43.2 Å². The van der Waals surface area contributed by atoms with Crippen molar-refractivity contribution >= 4 is 0 Å². The lowest BCUT2D eigenvalue weighted by Crippen LogP contribution is -2.50. The Kier molecular flexibility index (Phi) is 5.62. The van der Waals surface area contributed by atoms with Crippen LogP contribution in [0.4, 0.5) is 17.6 Å². The SMILES string of the molecule is Cc1cc(C)cc(CC(O)(CC(C)(C)c2cc(F)ccc2O)C(F)(F)F)c1. The van der Waals surface area contributed by atoms with Gasteiger partial charge in [-0.3, -0.25) is 0 Å². The summed E-state index contributed by atoms with van der Waals surface area (Å²) in [7, 11) is 0. The highest BCUT2D eigenvalue weighted by atomic mass is 19.4. The van der Waals surface area contributed by atoms with Crippen molar-refractivity contribution in [3.05, 3.63) is 64.5 Å². The third-order valence-electron chi connectivity index (χ3n) is 4.73. The minimum Gasteiger partial charge on any atom is -0.508 e. The third-order valence-corrected chi connectivity index (χ3v) is 4.73. The Balaban J connectivity index is 2.45. The van der Waals surface area contributed by atoms with Crippen molar-refractivity contribution in [1.82, 2.24) is 0 Å². The molecule has 6 heteroatoms. The predicted octanol–water partition coefficient (Wildman–Crippen LogP) is 5.35. The van der Waals surface area contributed by atoms with E-state index < -0.39 is 35.9 Å². The summed E-state index contributed by atoms with van der Waals surface area (Å²) < 4.78 is 55.1. The first-order chi connectivity index (χ1) is 12.2. The van der Waals surface area contributed by atoms with Crippen LogP contribution in [0.1, 0.15) is 42.5 Å². The molecular formula is C21H24F4O2. The van der Waals surface area contributed by atoms with Gasteiger partial charge in [0.15, 0.2) is 5.60 Å². The summed E-state index contributed by atoms with van der Waals surface area (Å²) in [5.41, 5.74) is -2.37. The van der Waals surface area contributed by atoms with Gasteiger partial charge in [0.05, 0.1) is 0 Å². The van der Waals surface area contributed by atoms with Crippen LogP contribution in [0.25, 0.3) is 0 Å². The highest BCUT2D eigenvalue weighted by Gasteiger charge is 2.56. The van der Waals surface area contributed by atoms with Gasteiger partial charge < -0.3 is 10.2 Å². The highest BCUT2D eigenvalue weighted by Crippen LogP contribution is 2.45. The van der Waals surface area contributed by atoms with E-state index in [4.69, 9.17) is 0 Å². The number of alkyl halides is 3. The van der Waals surface area contributed by atoms with E-state index in [0.29, 0.717) is 5.56 Å². The molecule has 0 aliphatic rings. The molecule has 0 amide bonds. The highest BCUT2D eigenvalue weighted by molar-refractivity contribution is 5.39. The van der Waals surface area contributed by atoms with E-state index in [9.17, 15) is 27.8 Å². The van der Waals surface area contributed by atoms with Gasteiger partial charge in [0, 0.05) is 12.0 Å². The van der Waals surface area contributed by atoms with E-state index in [1.807, 2.05) is 6.07 Å². The number of phenols is 1. The minimum atomic E-state index is -4.90. The molecule has 2 rings (SSSR count). The largest absolute Gasteiger partial charge is 0.508 e. The van der Waals surface area contributed by atoms with Crippen molar-refractivity contribution in [3.63, 3.8) is 0 Å². The molecule has 2 aromatic rings. The lowest BCUT2D eigenvalue weighted by molar-refractivity contribution is -0.266. The topological polar surface area (TPSA) is 40.5 Å². The lowest BCUT2D eigenvalue weighted by atomic mass is 9.72. The van der Waals surface area contributed by atoms with Crippen molar-refractivity contribution in [2.24, 2.45) is 0 Å². The van der Waals surface area contributed by atoms with E-state index in [1.54, 1.807) is 26.0 Å². The Labute approximate surface area is 156 Å². The number of hydrogen-bond donors (Lipinski definition) is 2. The van der Waals surface area contributed by atoms with Gasteiger partial charge >= 0.3 is 6.18 Å². The maximum absolute atomic E-state index is 13.8. The number of aromatic hydroxyl groups is 1. The Morgan fingerprint density at radius 1 is 0.926 bits per heavy atom. The molecule has 1 unspecified atom stereocenters. The fourth-order valence-electron chi connectivity index (χ4n) is 3.65. The van der Waals surface area contributed by atoms with Crippen molar-refractivity contribution in [1.29, 1.82) is 0 Å². The van der Waals surface area contributed by atoms with Crippen molar-refractivity contribution < 1.29 is 27.8 Å². The van der Waals surface area contributed by atoms with Crippen LogP contribution in [0.2, 0.25) is 0 Å². The van der Waals surface area contributed by atoms with E-state index in [-0.39, 0.29) is 11.3 Å². The zero-order valence-electron chi connectivity index (χ0n) is 15.8. The zero-order chi connectivity index (χ0) is 20.6. The molecule has 0 spiro atoms. The van der Waals surface area contributed by atoms with Crippen molar-refractivity contribution in [2.75, 3.05) is 0 Å². The number of benzene rings is 2. The number of rotatable bonds is 5. The number of phenolic OH excluding ortho intramolecular Hbond substituents is 1. The van der Waals surface area contributed by atoms with Crippen LogP contribution in [-0.2, 0) is 11.8 Å². The summed E-state index contributed by atoms with van der Waals surface area (Å²) in [6.45, 7) is 6.44. The summed E-state index contributed by atoms with van der Waals surface area (Å²) in [6, 6.07) is 8.18. The molecule has 0 aliphatic heterocycles. The van der Waals surface area contributed by atoms with Crippen molar-refractivity contribution in [3.8, 4) is 5.75 Å². The van der Waals surface area contributed by atoms with Crippen LogP contribution in [0.15, 0.2) is 36.4 Å². The fraction of sp³-hybridized carbons (Fsp3) is 0.429. The van der Waals surface area contributed by atoms with Crippen LogP contribution in [-0.4, -0.2) is 22.0 Å². The Morgan fingerprint density at radius 3 is 2.00 bits per heavy atom. The van der Waals surface area contributed by atoms with Crippen molar-refractivity contribution in [2.45, 2.75) is 57.7 Å². The molecule has 0 saturated heterocycles. The maximum atomic E-state index is 13.8. The van der Waals surface area contributed by atoms with Crippen LogP contribution < -0.4 is 0 Å². The van der Waals surface area contributed by atoms with Crippen LogP contribution in [0.3, 0.4) is 0 Å². The smallest absolute Gasteiger partial charge is 0.417 e. The molecular weight excluding hydrogens is 360 g/mol. The summed E-state index contributed by atoms with van der Waals surface area (Å²) in [4.78, 5) is 0. The summed E-state index contributed by atoms with van der Waals surface area (Å²) >= 11 is 0. The molecule has 2 aromatic carbocycles. The Hall–Kier alpha value is -2.08. The molecule has 2 N–H and O–H groups in total. The molecule has 148 valence electrons. The number of aliphatic hydroxyl groups is 1. The monoisotopic (exact) mass is 384 g/mol. The van der Waals surface area contributed by atoms with Gasteiger partial charge in [0.2, 0.25) is 0 Å². The number of aryl methyl sites for hydroxylation is 2. The minimum absolute atomic E-state index is 0.0191. The molecule has 0 heterocycles. The molecule has 1 atom stereocenters. The standard InChI is InChI=1S/C21H24F4O2/c1-13-7-14(2)9-15(8-13)11-20(27,21(23,24)25)12-19(3,4)17-10-16(22)5-6-18(17)26/h5-10,26-27H,11-12H2,1-4H3. The quantitative estimate of drug-likeness (QED) is 0.682. The van der Waals surface area contributed by atoms with E-state index >= 15 is 0 Å². The first kappa shape index (κ1) is 21.2. The Bertz CT molecular complexity index is 807. The van der Waals surface area contributed by atoms with E-state index in [2.05, 4.69) is 0 Å². The third kappa shape index (κ3) is 4.80. The molecule has 0 aromatic heterocycles. The molecule has 0 fully saturated rings. The average Bonchev–Trinajstić information content (AvgIpc) is 2.46. The van der Waals surface area contributed by atoms with E-state index in [0.717, 1.165) is 29.3 Å². The van der Waals surface area contributed by atoms with Gasteiger partial charge in [0.25, 0.3) is 0 Å². The summed E-state index contributed by atoms with van der Waals surface area (Å²) in [6.07, 6.45) is -6.25. The van der Waals surface area contributed by atoms with Gasteiger partial charge in [-0.05, 0) is 49.4 Å².